The van der Waals surface area contributed by atoms with E-state index in [0.717, 1.165) is 31.7 Å². The number of nitrogens with one attached hydrogen (secondary N) is 1. The Morgan fingerprint density at radius 1 is 1.00 bits per heavy atom. The molecule has 0 aliphatic carbocycles. The number of benzene rings is 1. The molecule has 2 aliphatic rings. The van der Waals surface area contributed by atoms with Crippen LogP contribution in [0.3, 0.4) is 0 Å². The van der Waals surface area contributed by atoms with Crippen LogP contribution in [-0.4, -0.2) is 37.0 Å². The second kappa shape index (κ2) is 6.59. The van der Waals surface area contributed by atoms with Gasteiger partial charge in [-0.15, -0.1) is 12.4 Å². The first kappa shape index (κ1) is 15.3. The summed E-state index contributed by atoms with van der Waals surface area (Å²) < 4.78 is 0. The Labute approximate surface area is 127 Å². The number of rotatable bonds is 1. The summed E-state index contributed by atoms with van der Waals surface area (Å²) in [4.78, 5) is 14.4. The van der Waals surface area contributed by atoms with Crippen LogP contribution < -0.4 is 5.32 Å². The van der Waals surface area contributed by atoms with Crippen LogP contribution in [0.4, 0.5) is 0 Å². The van der Waals surface area contributed by atoms with Crippen molar-refractivity contribution >= 4 is 18.3 Å². The van der Waals surface area contributed by atoms with Gasteiger partial charge in [0.05, 0.1) is 0 Å². The Morgan fingerprint density at radius 2 is 1.60 bits per heavy atom. The van der Waals surface area contributed by atoms with Gasteiger partial charge < -0.3 is 10.2 Å². The van der Waals surface area contributed by atoms with Crippen LogP contribution in [0.15, 0.2) is 30.3 Å². The van der Waals surface area contributed by atoms with Gasteiger partial charge in [-0.3, -0.25) is 4.79 Å². The molecule has 1 aromatic carbocycles. The predicted molar refractivity (Wildman–Crippen MR) is 83.4 cm³/mol. The predicted octanol–water partition coefficient (Wildman–Crippen LogP) is 2.71. The summed E-state index contributed by atoms with van der Waals surface area (Å²) in [5, 5.41) is 3.44. The van der Waals surface area contributed by atoms with Gasteiger partial charge in [0.15, 0.2) is 0 Å². The molecule has 2 saturated heterocycles. The highest BCUT2D eigenvalue weighted by molar-refractivity contribution is 5.94. The Hall–Kier alpha value is -1.06. The number of likely N-dealkylation sites (tertiary alicyclic amines) is 1. The Kier molecular flexibility index (Phi) is 5.06. The third-order valence-corrected chi connectivity index (χ3v) is 4.80. The molecule has 1 amide bonds. The van der Waals surface area contributed by atoms with Crippen molar-refractivity contribution in [3.8, 4) is 0 Å². The molecule has 1 spiro atoms. The van der Waals surface area contributed by atoms with E-state index in [-0.39, 0.29) is 18.3 Å². The van der Waals surface area contributed by atoms with Gasteiger partial charge in [-0.25, -0.2) is 0 Å². The van der Waals surface area contributed by atoms with Crippen LogP contribution >= 0.6 is 12.4 Å². The largest absolute Gasteiger partial charge is 0.339 e. The zero-order valence-corrected chi connectivity index (χ0v) is 12.6. The number of amides is 1. The number of hydrogen-bond acceptors (Lipinski definition) is 2. The van der Waals surface area contributed by atoms with Crippen molar-refractivity contribution in [3.05, 3.63) is 35.9 Å². The number of carbonyl (C=O) groups is 1. The fourth-order valence-corrected chi connectivity index (χ4v) is 3.40. The van der Waals surface area contributed by atoms with Crippen molar-refractivity contribution in [2.75, 3.05) is 26.2 Å². The molecule has 4 heteroatoms. The molecule has 0 aromatic heterocycles. The molecule has 2 aliphatic heterocycles. The van der Waals surface area contributed by atoms with Gasteiger partial charge in [-0.1, -0.05) is 18.2 Å². The molecule has 2 heterocycles. The maximum Gasteiger partial charge on any atom is 0.253 e. The summed E-state index contributed by atoms with van der Waals surface area (Å²) in [6.45, 7) is 4.14. The molecule has 0 radical (unpaired) electrons. The van der Waals surface area contributed by atoms with Crippen molar-refractivity contribution in [2.45, 2.75) is 25.7 Å². The molecule has 2 fully saturated rings. The van der Waals surface area contributed by atoms with Gasteiger partial charge in [0.25, 0.3) is 5.91 Å². The summed E-state index contributed by atoms with van der Waals surface area (Å²) in [6.07, 6.45) is 4.90. The lowest BCUT2D eigenvalue weighted by molar-refractivity contribution is 0.0496. The molecule has 20 heavy (non-hydrogen) atoms. The van der Waals surface area contributed by atoms with E-state index in [0.29, 0.717) is 5.41 Å². The number of carbonyl (C=O) groups excluding carboxylic acids is 1. The highest BCUT2D eigenvalue weighted by atomic mass is 35.5. The molecule has 0 saturated carbocycles. The first-order valence-electron chi connectivity index (χ1n) is 7.34. The van der Waals surface area contributed by atoms with Gasteiger partial charge in [0.2, 0.25) is 0 Å². The first-order chi connectivity index (χ1) is 9.29. The van der Waals surface area contributed by atoms with E-state index in [2.05, 4.69) is 5.32 Å². The molecule has 0 unspecified atom stereocenters. The van der Waals surface area contributed by atoms with E-state index in [1.807, 2.05) is 35.2 Å². The highest BCUT2D eigenvalue weighted by Gasteiger charge is 2.36. The van der Waals surface area contributed by atoms with Crippen molar-refractivity contribution in [1.29, 1.82) is 0 Å². The minimum absolute atomic E-state index is 0. The van der Waals surface area contributed by atoms with Crippen LogP contribution in [0.5, 0.6) is 0 Å². The van der Waals surface area contributed by atoms with E-state index in [4.69, 9.17) is 0 Å². The van der Waals surface area contributed by atoms with E-state index in [1.165, 1.54) is 25.7 Å². The normalized spacial score (nSPS) is 21.3. The monoisotopic (exact) mass is 294 g/mol. The first-order valence-corrected chi connectivity index (χ1v) is 7.34. The highest BCUT2D eigenvalue weighted by Crippen LogP contribution is 2.39. The summed E-state index contributed by atoms with van der Waals surface area (Å²) >= 11 is 0. The van der Waals surface area contributed by atoms with Crippen molar-refractivity contribution < 1.29 is 4.79 Å². The van der Waals surface area contributed by atoms with Gasteiger partial charge in [0.1, 0.15) is 0 Å². The second-order valence-electron chi connectivity index (χ2n) is 5.91. The van der Waals surface area contributed by atoms with E-state index in [9.17, 15) is 4.79 Å². The lowest BCUT2D eigenvalue weighted by atomic mass is 9.71. The van der Waals surface area contributed by atoms with E-state index < -0.39 is 0 Å². The smallest absolute Gasteiger partial charge is 0.253 e. The molecular formula is C16H23ClN2O. The number of nitrogens with zero attached hydrogens (tertiary/aromatic N) is 1. The van der Waals surface area contributed by atoms with Crippen LogP contribution in [0.2, 0.25) is 0 Å². The van der Waals surface area contributed by atoms with Crippen molar-refractivity contribution in [3.63, 3.8) is 0 Å². The molecule has 1 N–H and O–H groups in total. The Bertz CT molecular complexity index is 433. The number of halogens is 1. The average molecular weight is 295 g/mol. The maximum atomic E-state index is 12.4. The molecular weight excluding hydrogens is 272 g/mol. The Morgan fingerprint density at radius 3 is 2.20 bits per heavy atom. The van der Waals surface area contributed by atoms with Crippen LogP contribution in [-0.2, 0) is 0 Å². The molecule has 1 aromatic rings. The lowest BCUT2D eigenvalue weighted by Crippen LogP contribution is -2.47. The molecule has 0 bridgehead atoms. The van der Waals surface area contributed by atoms with Gasteiger partial charge in [-0.05, 0) is 56.3 Å². The SMILES string of the molecule is Cl.O=C(c1ccccc1)N1CCC2(CCNCC2)CC1. The summed E-state index contributed by atoms with van der Waals surface area (Å²) in [5.74, 6) is 0.199. The number of hydrogen-bond donors (Lipinski definition) is 1. The second-order valence-corrected chi connectivity index (χ2v) is 5.91. The fourth-order valence-electron chi connectivity index (χ4n) is 3.40. The summed E-state index contributed by atoms with van der Waals surface area (Å²) in [5.41, 5.74) is 1.34. The van der Waals surface area contributed by atoms with Crippen molar-refractivity contribution in [2.24, 2.45) is 5.41 Å². The summed E-state index contributed by atoms with van der Waals surface area (Å²) in [7, 11) is 0. The van der Waals surface area contributed by atoms with Crippen molar-refractivity contribution in [1.82, 2.24) is 10.2 Å². The topological polar surface area (TPSA) is 32.3 Å². The zero-order chi connectivity index (χ0) is 13.1. The molecule has 3 nitrogen and oxygen atoms in total. The Balaban J connectivity index is 0.00000147. The third kappa shape index (κ3) is 3.15. The van der Waals surface area contributed by atoms with Gasteiger partial charge >= 0.3 is 0 Å². The molecule has 3 rings (SSSR count). The fraction of sp³-hybridized carbons (Fsp3) is 0.562. The average Bonchev–Trinajstić information content (AvgIpc) is 2.49. The third-order valence-electron chi connectivity index (χ3n) is 4.80. The van der Waals surface area contributed by atoms with Gasteiger partial charge in [0, 0.05) is 18.7 Å². The number of piperidine rings is 2. The standard InChI is InChI=1S/C16H22N2O.ClH/c19-15(14-4-2-1-3-5-14)18-12-8-16(9-13-18)6-10-17-11-7-16;/h1-5,17H,6-13H2;1H. The van der Waals surface area contributed by atoms with E-state index in [1.54, 1.807) is 0 Å². The van der Waals surface area contributed by atoms with Crippen LogP contribution in [0, 0.1) is 5.41 Å². The van der Waals surface area contributed by atoms with Crippen LogP contribution in [0.25, 0.3) is 0 Å². The van der Waals surface area contributed by atoms with Crippen LogP contribution in [0.1, 0.15) is 36.0 Å². The zero-order valence-electron chi connectivity index (χ0n) is 11.8. The summed E-state index contributed by atoms with van der Waals surface area (Å²) in [6, 6.07) is 9.66. The van der Waals surface area contributed by atoms with E-state index >= 15 is 0 Å². The minimum atomic E-state index is 0. The van der Waals surface area contributed by atoms with Gasteiger partial charge in [-0.2, -0.15) is 0 Å². The maximum absolute atomic E-state index is 12.4. The minimum Gasteiger partial charge on any atom is -0.339 e. The molecule has 0 atom stereocenters. The molecule has 110 valence electrons. The quantitative estimate of drug-likeness (QED) is 0.864. The lowest BCUT2D eigenvalue weighted by Gasteiger charge is -2.44.